The average Bonchev–Trinajstić information content (AvgIpc) is 2.93. The second-order valence-corrected chi connectivity index (χ2v) is 7.87. The number of hydrogen-bond donors (Lipinski definition) is 0. The molecule has 0 unspecified atom stereocenters. The van der Waals surface area contributed by atoms with Crippen LogP contribution in [0.2, 0.25) is 0 Å². The molecular formula is C21H20N2O3S2. The first-order chi connectivity index (χ1) is 13.4. The topological polar surface area (TPSA) is 51.1 Å². The third-order valence-corrected chi connectivity index (χ3v) is 5.51. The monoisotopic (exact) mass is 412 g/mol. The van der Waals surface area contributed by atoms with Gasteiger partial charge in [-0.1, -0.05) is 17.8 Å². The Balaban J connectivity index is 1.79. The van der Waals surface area contributed by atoms with Gasteiger partial charge in [-0.2, -0.15) is 10.1 Å². The predicted octanol–water partition coefficient (Wildman–Crippen LogP) is 4.56. The largest absolute Gasteiger partial charge is 0.496 e. The highest BCUT2D eigenvalue weighted by Crippen LogP contribution is 2.33. The summed E-state index contributed by atoms with van der Waals surface area (Å²) in [5.74, 6) is 1.38. The molecule has 1 fully saturated rings. The number of hydrogen-bond acceptors (Lipinski definition) is 6. The number of rotatable bonds is 5. The van der Waals surface area contributed by atoms with Gasteiger partial charge in [0.05, 0.1) is 25.3 Å². The molecule has 1 amide bonds. The summed E-state index contributed by atoms with van der Waals surface area (Å²) in [6.07, 6.45) is 3.44. The third kappa shape index (κ3) is 4.26. The van der Waals surface area contributed by atoms with Gasteiger partial charge < -0.3 is 9.47 Å². The minimum absolute atomic E-state index is 0.232. The fourth-order valence-electron chi connectivity index (χ4n) is 2.81. The molecule has 0 aliphatic carbocycles. The molecule has 0 bridgehead atoms. The van der Waals surface area contributed by atoms with Gasteiger partial charge in [0.25, 0.3) is 5.91 Å². The van der Waals surface area contributed by atoms with Crippen LogP contribution in [0.5, 0.6) is 11.5 Å². The summed E-state index contributed by atoms with van der Waals surface area (Å²) in [4.78, 5) is 13.2. The Labute approximate surface area is 174 Å². The lowest BCUT2D eigenvalue weighted by atomic mass is 10.1. The van der Waals surface area contributed by atoms with Gasteiger partial charge >= 0.3 is 0 Å². The zero-order valence-corrected chi connectivity index (χ0v) is 17.7. The van der Waals surface area contributed by atoms with E-state index in [1.807, 2.05) is 56.3 Å². The minimum atomic E-state index is -0.232. The zero-order chi connectivity index (χ0) is 20.3. The van der Waals surface area contributed by atoms with Crippen LogP contribution in [0, 0.1) is 13.8 Å². The van der Waals surface area contributed by atoms with Crippen LogP contribution >= 0.6 is 24.0 Å². The van der Waals surface area contributed by atoms with Crippen molar-refractivity contribution in [3.05, 3.63) is 63.6 Å². The summed E-state index contributed by atoms with van der Waals surface area (Å²) in [7, 11) is 3.27. The number of methoxy groups -OCH3 is 2. The van der Waals surface area contributed by atoms with E-state index in [1.165, 1.54) is 16.8 Å². The second-order valence-electron chi connectivity index (χ2n) is 6.20. The number of aryl methyl sites for hydroxylation is 2. The van der Waals surface area contributed by atoms with Crippen molar-refractivity contribution >= 4 is 46.5 Å². The Kier molecular flexibility index (Phi) is 6.16. The van der Waals surface area contributed by atoms with E-state index in [2.05, 4.69) is 5.10 Å². The smallest absolute Gasteiger partial charge is 0.286 e. The molecule has 0 radical (unpaired) electrons. The van der Waals surface area contributed by atoms with E-state index in [9.17, 15) is 4.79 Å². The first-order valence-corrected chi connectivity index (χ1v) is 9.76. The van der Waals surface area contributed by atoms with Gasteiger partial charge in [0, 0.05) is 0 Å². The van der Waals surface area contributed by atoms with E-state index in [0.717, 1.165) is 33.8 Å². The van der Waals surface area contributed by atoms with Gasteiger partial charge in [-0.05, 0) is 84.7 Å². The van der Waals surface area contributed by atoms with Gasteiger partial charge in [-0.25, -0.2) is 0 Å². The first-order valence-electron chi connectivity index (χ1n) is 8.54. The summed E-state index contributed by atoms with van der Waals surface area (Å²) in [6, 6.07) is 11.4. The Hall–Kier alpha value is -2.64. The van der Waals surface area contributed by atoms with Gasteiger partial charge in [0.15, 0.2) is 4.32 Å². The average molecular weight is 413 g/mol. The lowest BCUT2D eigenvalue weighted by Gasteiger charge is -2.07. The molecule has 2 aromatic carbocycles. The normalized spacial score (nSPS) is 15.7. The van der Waals surface area contributed by atoms with Crippen molar-refractivity contribution in [2.45, 2.75) is 13.8 Å². The molecule has 3 rings (SSSR count). The van der Waals surface area contributed by atoms with Crippen LogP contribution in [-0.2, 0) is 4.79 Å². The summed E-state index contributed by atoms with van der Waals surface area (Å²) in [5, 5.41) is 5.54. The lowest BCUT2D eigenvalue weighted by molar-refractivity contribution is -0.122. The van der Waals surface area contributed by atoms with Crippen molar-refractivity contribution in [1.29, 1.82) is 0 Å². The second kappa shape index (κ2) is 8.58. The van der Waals surface area contributed by atoms with Crippen molar-refractivity contribution in [1.82, 2.24) is 5.01 Å². The van der Waals surface area contributed by atoms with Crippen LogP contribution in [-0.4, -0.2) is 35.7 Å². The lowest BCUT2D eigenvalue weighted by Crippen LogP contribution is -2.22. The van der Waals surface area contributed by atoms with Crippen molar-refractivity contribution in [3.63, 3.8) is 0 Å². The maximum atomic E-state index is 12.7. The highest BCUT2D eigenvalue weighted by Gasteiger charge is 2.32. The number of nitrogens with zero attached hydrogens (tertiary/aromatic N) is 2. The Morgan fingerprint density at radius 2 is 1.57 bits per heavy atom. The Morgan fingerprint density at radius 3 is 2.14 bits per heavy atom. The zero-order valence-electron chi connectivity index (χ0n) is 16.1. The van der Waals surface area contributed by atoms with Crippen molar-refractivity contribution < 1.29 is 14.3 Å². The number of thioether (sulfide) groups is 1. The van der Waals surface area contributed by atoms with Gasteiger partial charge in [-0.15, -0.1) is 0 Å². The molecule has 1 aliphatic rings. The molecular weight excluding hydrogens is 392 g/mol. The molecule has 0 saturated carbocycles. The third-order valence-electron chi connectivity index (χ3n) is 4.23. The molecule has 0 spiro atoms. The van der Waals surface area contributed by atoms with E-state index in [0.29, 0.717) is 9.23 Å². The van der Waals surface area contributed by atoms with Crippen LogP contribution in [0.1, 0.15) is 22.3 Å². The van der Waals surface area contributed by atoms with Crippen LogP contribution in [0.4, 0.5) is 0 Å². The van der Waals surface area contributed by atoms with Crippen molar-refractivity contribution in [2.24, 2.45) is 5.10 Å². The first kappa shape index (κ1) is 20.1. The van der Waals surface area contributed by atoms with E-state index >= 15 is 0 Å². The number of carbonyl (C=O) groups is 1. The molecule has 5 nitrogen and oxygen atoms in total. The summed E-state index contributed by atoms with van der Waals surface area (Å²) in [6.45, 7) is 3.91. The number of thiocarbonyl (C=S) groups is 1. The highest BCUT2D eigenvalue weighted by atomic mass is 32.2. The maximum absolute atomic E-state index is 12.7. The number of amides is 1. The quantitative estimate of drug-likeness (QED) is 0.409. The van der Waals surface area contributed by atoms with E-state index in [4.69, 9.17) is 21.7 Å². The number of benzene rings is 2. The molecule has 1 saturated heterocycles. The number of hydrazone groups is 1. The molecule has 0 N–H and O–H groups in total. The fraction of sp³-hybridized carbons (Fsp3) is 0.190. The molecule has 2 aromatic rings. The molecule has 144 valence electrons. The number of carbonyl (C=O) groups excluding carboxylic acids is 1. The Morgan fingerprint density at radius 1 is 1.00 bits per heavy atom. The van der Waals surface area contributed by atoms with Crippen LogP contribution < -0.4 is 9.47 Å². The number of ether oxygens (including phenoxy) is 2. The summed E-state index contributed by atoms with van der Waals surface area (Å²) in [5.41, 5.74) is 3.77. The van der Waals surface area contributed by atoms with Gasteiger partial charge in [-0.3, -0.25) is 4.79 Å². The SMILES string of the molecule is COc1ccc(C=NN2C(=O)C(=Cc3ccc(OC)c(C)c3)SC2=S)cc1C. The van der Waals surface area contributed by atoms with Crippen molar-refractivity contribution in [2.75, 3.05) is 14.2 Å². The molecule has 0 aromatic heterocycles. The molecule has 28 heavy (non-hydrogen) atoms. The van der Waals surface area contributed by atoms with Crippen molar-refractivity contribution in [3.8, 4) is 11.5 Å². The maximum Gasteiger partial charge on any atom is 0.286 e. The summed E-state index contributed by atoms with van der Waals surface area (Å²) >= 11 is 6.57. The predicted molar refractivity (Wildman–Crippen MR) is 118 cm³/mol. The molecule has 1 aliphatic heterocycles. The van der Waals surface area contributed by atoms with E-state index in [-0.39, 0.29) is 5.91 Å². The van der Waals surface area contributed by atoms with E-state index in [1.54, 1.807) is 20.4 Å². The van der Waals surface area contributed by atoms with Gasteiger partial charge in [0.1, 0.15) is 11.5 Å². The van der Waals surface area contributed by atoms with Crippen LogP contribution in [0.3, 0.4) is 0 Å². The minimum Gasteiger partial charge on any atom is -0.496 e. The molecule has 7 heteroatoms. The Bertz CT molecular complexity index is 999. The van der Waals surface area contributed by atoms with E-state index < -0.39 is 0 Å². The summed E-state index contributed by atoms with van der Waals surface area (Å²) < 4.78 is 10.9. The molecule has 0 atom stereocenters. The van der Waals surface area contributed by atoms with Gasteiger partial charge in [0.2, 0.25) is 0 Å². The van der Waals surface area contributed by atoms with Crippen LogP contribution in [0.15, 0.2) is 46.4 Å². The van der Waals surface area contributed by atoms with Crippen LogP contribution in [0.25, 0.3) is 6.08 Å². The standard InChI is InChI=1S/C21H20N2O3S2/c1-13-9-15(5-7-17(13)25-3)11-19-20(24)23(21(27)28-19)22-12-16-6-8-18(26-4)14(2)10-16/h5-12H,1-4H3. The highest BCUT2D eigenvalue weighted by molar-refractivity contribution is 8.26. The fourth-order valence-corrected chi connectivity index (χ4v) is 3.98. The molecule has 1 heterocycles.